The molecule has 2 aromatic rings. The Morgan fingerprint density at radius 3 is 2.60 bits per heavy atom. The minimum absolute atomic E-state index is 0.160. The van der Waals surface area contributed by atoms with Gasteiger partial charge in [-0.15, -0.1) is 0 Å². The van der Waals surface area contributed by atoms with E-state index in [1.165, 1.54) is 6.07 Å². The molecule has 0 atom stereocenters. The van der Waals surface area contributed by atoms with Gasteiger partial charge in [-0.2, -0.15) is 13.2 Å². The van der Waals surface area contributed by atoms with Crippen LogP contribution in [0.3, 0.4) is 0 Å². The van der Waals surface area contributed by atoms with Crippen molar-refractivity contribution in [3.63, 3.8) is 0 Å². The number of benzene rings is 2. The maximum absolute atomic E-state index is 13.4. The molecule has 0 radical (unpaired) electrons. The SMILES string of the molecule is CN1CCN(Cc2cc(NC(=O)c3ccc4c(c3)NCC4)cc(C(F)(F)F)c2)CC1. The molecule has 1 amide bonds. The number of piperazine rings is 1. The molecule has 4 rings (SSSR count). The van der Waals surface area contributed by atoms with Crippen LogP contribution in [0.2, 0.25) is 0 Å². The Bertz CT molecular complexity index is 936. The first-order chi connectivity index (χ1) is 14.3. The molecule has 0 saturated carbocycles. The Balaban J connectivity index is 1.54. The number of anilines is 2. The highest BCUT2D eigenvalue weighted by Crippen LogP contribution is 2.33. The van der Waals surface area contributed by atoms with Crippen molar-refractivity contribution in [2.24, 2.45) is 0 Å². The minimum Gasteiger partial charge on any atom is -0.384 e. The molecule has 0 unspecified atom stereocenters. The number of hydrogen-bond donors (Lipinski definition) is 2. The van der Waals surface area contributed by atoms with Gasteiger partial charge in [0.25, 0.3) is 5.91 Å². The molecule has 0 aliphatic carbocycles. The normalized spacial score (nSPS) is 17.5. The van der Waals surface area contributed by atoms with Gasteiger partial charge in [-0.3, -0.25) is 9.69 Å². The van der Waals surface area contributed by atoms with Gasteiger partial charge in [-0.1, -0.05) is 6.07 Å². The summed E-state index contributed by atoms with van der Waals surface area (Å²) in [6, 6.07) is 9.15. The number of amides is 1. The van der Waals surface area contributed by atoms with E-state index in [0.717, 1.165) is 56.5 Å². The van der Waals surface area contributed by atoms with Crippen LogP contribution in [0.4, 0.5) is 24.5 Å². The molecule has 0 aromatic heterocycles. The van der Waals surface area contributed by atoms with Crippen LogP contribution in [0.5, 0.6) is 0 Å². The molecule has 2 aliphatic heterocycles. The molecule has 2 aliphatic rings. The fourth-order valence-electron chi connectivity index (χ4n) is 3.92. The number of nitrogens with one attached hydrogen (secondary N) is 2. The molecule has 2 heterocycles. The summed E-state index contributed by atoms with van der Waals surface area (Å²) in [5.74, 6) is -0.420. The lowest BCUT2D eigenvalue weighted by Gasteiger charge is -2.32. The van der Waals surface area contributed by atoms with Gasteiger partial charge in [-0.05, 0) is 54.9 Å². The lowest BCUT2D eigenvalue weighted by molar-refractivity contribution is -0.137. The smallest absolute Gasteiger partial charge is 0.384 e. The zero-order chi connectivity index (χ0) is 21.3. The Hall–Kier alpha value is -2.58. The number of halogens is 3. The second-order valence-electron chi connectivity index (χ2n) is 8.00. The van der Waals surface area contributed by atoms with Gasteiger partial charge in [0, 0.05) is 56.2 Å². The van der Waals surface area contributed by atoms with E-state index in [2.05, 4.69) is 20.4 Å². The van der Waals surface area contributed by atoms with E-state index < -0.39 is 17.6 Å². The summed E-state index contributed by atoms with van der Waals surface area (Å²) in [5, 5.41) is 5.86. The first-order valence-electron chi connectivity index (χ1n) is 10.1. The van der Waals surface area contributed by atoms with Crippen LogP contribution < -0.4 is 10.6 Å². The predicted molar refractivity (Wildman–Crippen MR) is 111 cm³/mol. The zero-order valence-electron chi connectivity index (χ0n) is 16.9. The van der Waals surface area contributed by atoms with Gasteiger partial charge in [0.1, 0.15) is 0 Å². The number of hydrogen-bond acceptors (Lipinski definition) is 4. The van der Waals surface area contributed by atoms with Crippen molar-refractivity contribution in [1.29, 1.82) is 0 Å². The van der Waals surface area contributed by atoms with Crippen LogP contribution >= 0.6 is 0 Å². The summed E-state index contributed by atoms with van der Waals surface area (Å²) in [4.78, 5) is 17.0. The Morgan fingerprint density at radius 1 is 1.10 bits per heavy atom. The summed E-state index contributed by atoms with van der Waals surface area (Å²) in [7, 11) is 2.03. The first kappa shape index (κ1) is 20.7. The van der Waals surface area contributed by atoms with Gasteiger partial charge in [-0.25, -0.2) is 0 Å². The summed E-state index contributed by atoms with van der Waals surface area (Å²) in [6.45, 7) is 4.62. The Kier molecular flexibility index (Phi) is 5.71. The first-order valence-corrected chi connectivity index (χ1v) is 10.1. The molecule has 0 bridgehead atoms. The van der Waals surface area contributed by atoms with Crippen LogP contribution in [0, 0.1) is 0 Å². The minimum atomic E-state index is -4.48. The van der Waals surface area contributed by atoms with Crippen molar-refractivity contribution in [2.75, 3.05) is 50.4 Å². The van der Waals surface area contributed by atoms with E-state index in [9.17, 15) is 18.0 Å². The quantitative estimate of drug-likeness (QED) is 0.796. The van der Waals surface area contributed by atoms with Crippen molar-refractivity contribution in [3.05, 3.63) is 58.7 Å². The van der Waals surface area contributed by atoms with E-state index in [4.69, 9.17) is 0 Å². The topological polar surface area (TPSA) is 47.6 Å². The molecule has 160 valence electrons. The highest BCUT2D eigenvalue weighted by atomic mass is 19.4. The molecule has 1 saturated heterocycles. The molecular weight excluding hydrogens is 393 g/mol. The van der Waals surface area contributed by atoms with Gasteiger partial charge in [0.05, 0.1) is 5.56 Å². The lowest BCUT2D eigenvalue weighted by Crippen LogP contribution is -2.43. The summed E-state index contributed by atoms with van der Waals surface area (Å²) in [5.41, 5.74) is 2.41. The second kappa shape index (κ2) is 8.28. The van der Waals surface area contributed by atoms with Crippen molar-refractivity contribution < 1.29 is 18.0 Å². The van der Waals surface area contributed by atoms with Crippen LogP contribution in [0.1, 0.15) is 27.0 Å². The summed E-state index contributed by atoms with van der Waals surface area (Å²) in [6.07, 6.45) is -3.57. The zero-order valence-corrected chi connectivity index (χ0v) is 16.9. The Morgan fingerprint density at radius 2 is 1.87 bits per heavy atom. The highest BCUT2D eigenvalue weighted by molar-refractivity contribution is 6.05. The van der Waals surface area contributed by atoms with Crippen LogP contribution in [0.25, 0.3) is 0 Å². The third kappa shape index (κ3) is 4.76. The maximum Gasteiger partial charge on any atom is 0.416 e. The van der Waals surface area contributed by atoms with Gasteiger partial charge >= 0.3 is 6.18 Å². The molecule has 30 heavy (non-hydrogen) atoms. The fraction of sp³-hybridized carbons (Fsp3) is 0.409. The van der Waals surface area contributed by atoms with E-state index in [1.807, 2.05) is 13.1 Å². The number of rotatable bonds is 4. The van der Waals surface area contributed by atoms with Crippen molar-refractivity contribution >= 4 is 17.3 Å². The van der Waals surface area contributed by atoms with Crippen LogP contribution in [0.15, 0.2) is 36.4 Å². The van der Waals surface area contributed by atoms with E-state index in [-0.39, 0.29) is 5.69 Å². The third-order valence-corrected chi connectivity index (χ3v) is 5.66. The van der Waals surface area contributed by atoms with Crippen LogP contribution in [-0.4, -0.2) is 55.5 Å². The fourth-order valence-corrected chi connectivity index (χ4v) is 3.92. The third-order valence-electron chi connectivity index (χ3n) is 5.66. The van der Waals surface area contributed by atoms with Crippen molar-refractivity contribution in [3.8, 4) is 0 Å². The second-order valence-corrected chi connectivity index (χ2v) is 8.00. The largest absolute Gasteiger partial charge is 0.416 e. The number of nitrogens with zero attached hydrogens (tertiary/aromatic N) is 2. The summed E-state index contributed by atoms with van der Waals surface area (Å²) >= 11 is 0. The average Bonchev–Trinajstić information content (AvgIpc) is 3.17. The molecule has 2 N–H and O–H groups in total. The molecule has 1 fully saturated rings. The molecule has 8 heteroatoms. The van der Waals surface area contributed by atoms with E-state index in [0.29, 0.717) is 17.7 Å². The standard InChI is InChI=1S/C22H25F3N4O/c1-28-6-8-29(9-7-28)14-15-10-18(22(23,24)25)13-19(11-15)27-21(30)17-3-2-16-4-5-26-20(16)12-17/h2-3,10-13,26H,4-9,14H2,1H3,(H,27,30). The molecule has 2 aromatic carbocycles. The van der Waals surface area contributed by atoms with Crippen molar-refractivity contribution in [2.45, 2.75) is 19.1 Å². The lowest BCUT2D eigenvalue weighted by atomic mass is 10.1. The van der Waals surface area contributed by atoms with Crippen molar-refractivity contribution in [1.82, 2.24) is 9.80 Å². The molecule has 0 spiro atoms. The highest BCUT2D eigenvalue weighted by Gasteiger charge is 2.31. The van der Waals surface area contributed by atoms with Gasteiger partial charge in [0.15, 0.2) is 0 Å². The van der Waals surface area contributed by atoms with Gasteiger partial charge in [0.2, 0.25) is 0 Å². The number of fused-ring (bicyclic) bond motifs is 1. The predicted octanol–water partition coefficient (Wildman–Crippen LogP) is 3.67. The summed E-state index contributed by atoms with van der Waals surface area (Å²) < 4.78 is 40.3. The number of carbonyl (C=O) groups excluding carboxylic acids is 1. The number of likely N-dealkylation sites (N-methyl/N-ethyl adjacent to an activating group) is 1. The average molecular weight is 418 g/mol. The molecule has 5 nitrogen and oxygen atoms in total. The van der Waals surface area contributed by atoms with Crippen LogP contribution in [-0.2, 0) is 19.1 Å². The maximum atomic E-state index is 13.4. The number of alkyl halides is 3. The Labute approximate surface area is 173 Å². The number of carbonyl (C=O) groups is 1. The molecular formula is C22H25F3N4O. The van der Waals surface area contributed by atoms with Gasteiger partial charge < -0.3 is 15.5 Å². The van der Waals surface area contributed by atoms with E-state index >= 15 is 0 Å². The van der Waals surface area contributed by atoms with E-state index in [1.54, 1.807) is 18.2 Å². The monoisotopic (exact) mass is 418 g/mol.